The molecule has 2 heteroatoms. The van der Waals surface area contributed by atoms with Gasteiger partial charge in [0.05, 0.1) is 0 Å². The van der Waals surface area contributed by atoms with Gasteiger partial charge in [0, 0.05) is 18.2 Å². The van der Waals surface area contributed by atoms with Crippen LogP contribution in [-0.4, -0.2) is 11.9 Å². The first kappa shape index (κ1) is 15.8. The SMILES string of the molecule is CC(C)c1ccc(CCC(=O)N2c3ccccc3CC2C)cc1. The van der Waals surface area contributed by atoms with Gasteiger partial charge >= 0.3 is 0 Å². The first-order chi connectivity index (χ1) is 11.1. The van der Waals surface area contributed by atoms with Crippen molar-refractivity contribution in [2.45, 2.75) is 52.0 Å². The Morgan fingerprint density at radius 1 is 1.13 bits per heavy atom. The van der Waals surface area contributed by atoms with Crippen LogP contribution < -0.4 is 4.90 Å². The number of nitrogens with zero attached hydrogens (tertiary/aromatic N) is 1. The van der Waals surface area contributed by atoms with E-state index in [1.807, 2.05) is 11.0 Å². The molecule has 1 unspecified atom stereocenters. The Bertz CT molecular complexity index is 687. The molecule has 0 fully saturated rings. The molecule has 2 aromatic rings. The second-order valence-corrected chi connectivity index (χ2v) is 6.84. The molecule has 0 radical (unpaired) electrons. The quantitative estimate of drug-likeness (QED) is 0.800. The average molecular weight is 307 g/mol. The van der Waals surface area contributed by atoms with Crippen molar-refractivity contribution in [1.82, 2.24) is 0 Å². The van der Waals surface area contributed by atoms with Crippen LogP contribution in [-0.2, 0) is 17.6 Å². The molecule has 0 saturated heterocycles. The highest BCUT2D eigenvalue weighted by molar-refractivity contribution is 5.96. The Labute approximate surface area is 139 Å². The summed E-state index contributed by atoms with van der Waals surface area (Å²) in [4.78, 5) is 14.7. The number of fused-ring (bicyclic) bond motifs is 1. The smallest absolute Gasteiger partial charge is 0.227 e. The summed E-state index contributed by atoms with van der Waals surface area (Å²) in [5.74, 6) is 0.781. The van der Waals surface area contributed by atoms with Gasteiger partial charge in [-0.1, -0.05) is 56.3 Å². The van der Waals surface area contributed by atoms with Gasteiger partial charge in [-0.3, -0.25) is 4.79 Å². The van der Waals surface area contributed by atoms with Crippen LogP contribution in [0.5, 0.6) is 0 Å². The summed E-state index contributed by atoms with van der Waals surface area (Å²) >= 11 is 0. The zero-order valence-electron chi connectivity index (χ0n) is 14.3. The molecule has 1 aliphatic heterocycles. The van der Waals surface area contributed by atoms with Crippen molar-refractivity contribution in [2.75, 3.05) is 4.90 Å². The summed E-state index contributed by atoms with van der Waals surface area (Å²) in [5, 5.41) is 0. The van der Waals surface area contributed by atoms with Gasteiger partial charge in [0.25, 0.3) is 0 Å². The van der Waals surface area contributed by atoms with E-state index < -0.39 is 0 Å². The van der Waals surface area contributed by atoms with Crippen LogP contribution in [0.1, 0.15) is 49.8 Å². The van der Waals surface area contributed by atoms with Crippen molar-refractivity contribution in [1.29, 1.82) is 0 Å². The minimum Gasteiger partial charge on any atom is -0.309 e. The first-order valence-corrected chi connectivity index (χ1v) is 8.55. The number of rotatable bonds is 4. The number of para-hydroxylation sites is 1. The van der Waals surface area contributed by atoms with Crippen LogP contribution in [0.2, 0.25) is 0 Å². The van der Waals surface area contributed by atoms with E-state index in [0.29, 0.717) is 12.3 Å². The number of carbonyl (C=O) groups is 1. The van der Waals surface area contributed by atoms with Crippen molar-refractivity contribution in [3.8, 4) is 0 Å². The number of hydrogen-bond acceptors (Lipinski definition) is 1. The van der Waals surface area contributed by atoms with Gasteiger partial charge in [0.2, 0.25) is 5.91 Å². The van der Waals surface area contributed by atoms with E-state index in [2.05, 4.69) is 63.2 Å². The summed E-state index contributed by atoms with van der Waals surface area (Å²) in [6.07, 6.45) is 2.34. The van der Waals surface area contributed by atoms with Crippen LogP contribution in [0.25, 0.3) is 0 Å². The molecular weight excluding hydrogens is 282 g/mol. The largest absolute Gasteiger partial charge is 0.309 e. The molecule has 1 heterocycles. The highest BCUT2D eigenvalue weighted by Gasteiger charge is 2.29. The second-order valence-electron chi connectivity index (χ2n) is 6.84. The minimum atomic E-state index is 0.232. The fourth-order valence-corrected chi connectivity index (χ4v) is 3.39. The molecule has 0 aromatic heterocycles. The Balaban J connectivity index is 1.66. The van der Waals surface area contributed by atoms with Crippen molar-refractivity contribution in [3.63, 3.8) is 0 Å². The maximum atomic E-state index is 12.7. The number of carbonyl (C=O) groups excluding carboxylic acids is 1. The van der Waals surface area contributed by atoms with Crippen LogP contribution in [0.4, 0.5) is 5.69 Å². The van der Waals surface area contributed by atoms with E-state index in [0.717, 1.165) is 18.5 Å². The molecule has 2 nitrogen and oxygen atoms in total. The molecule has 1 amide bonds. The number of aryl methyl sites for hydroxylation is 1. The summed E-state index contributed by atoms with van der Waals surface area (Å²) < 4.78 is 0. The van der Waals surface area contributed by atoms with Gasteiger partial charge in [0.1, 0.15) is 0 Å². The Morgan fingerprint density at radius 3 is 2.52 bits per heavy atom. The number of hydrogen-bond donors (Lipinski definition) is 0. The topological polar surface area (TPSA) is 20.3 Å². The predicted molar refractivity (Wildman–Crippen MR) is 95.9 cm³/mol. The van der Waals surface area contributed by atoms with Gasteiger partial charge in [-0.25, -0.2) is 0 Å². The van der Waals surface area contributed by atoms with Gasteiger partial charge in [0.15, 0.2) is 0 Å². The highest BCUT2D eigenvalue weighted by atomic mass is 16.2. The summed E-state index contributed by atoms with van der Waals surface area (Å²) in [7, 11) is 0. The van der Waals surface area contributed by atoms with E-state index in [-0.39, 0.29) is 11.9 Å². The van der Waals surface area contributed by atoms with Crippen LogP contribution in [0.3, 0.4) is 0 Å². The monoisotopic (exact) mass is 307 g/mol. The molecule has 0 saturated carbocycles. The summed E-state index contributed by atoms with van der Waals surface area (Å²) in [6.45, 7) is 6.53. The molecule has 3 rings (SSSR count). The highest BCUT2D eigenvalue weighted by Crippen LogP contribution is 2.32. The lowest BCUT2D eigenvalue weighted by Gasteiger charge is -2.22. The van der Waals surface area contributed by atoms with E-state index in [9.17, 15) is 4.79 Å². The third-order valence-electron chi connectivity index (χ3n) is 4.75. The van der Waals surface area contributed by atoms with Gasteiger partial charge in [-0.2, -0.15) is 0 Å². The molecule has 0 bridgehead atoms. The molecule has 120 valence electrons. The molecule has 23 heavy (non-hydrogen) atoms. The molecule has 0 spiro atoms. The molecule has 0 N–H and O–H groups in total. The van der Waals surface area contributed by atoms with E-state index in [1.165, 1.54) is 16.7 Å². The van der Waals surface area contributed by atoms with Gasteiger partial charge < -0.3 is 4.90 Å². The van der Waals surface area contributed by atoms with Crippen molar-refractivity contribution in [2.24, 2.45) is 0 Å². The first-order valence-electron chi connectivity index (χ1n) is 8.55. The third kappa shape index (κ3) is 3.31. The van der Waals surface area contributed by atoms with Crippen LogP contribution in [0, 0.1) is 0 Å². The lowest BCUT2D eigenvalue weighted by Crippen LogP contribution is -2.35. The number of amides is 1. The second kappa shape index (κ2) is 6.57. The minimum absolute atomic E-state index is 0.232. The normalized spacial score (nSPS) is 16.7. The van der Waals surface area contributed by atoms with E-state index in [1.54, 1.807) is 0 Å². The molecule has 1 atom stereocenters. The van der Waals surface area contributed by atoms with Gasteiger partial charge in [-0.05, 0) is 48.4 Å². The molecule has 2 aromatic carbocycles. The van der Waals surface area contributed by atoms with Gasteiger partial charge in [-0.15, -0.1) is 0 Å². The average Bonchev–Trinajstić information content (AvgIpc) is 2.88. The Morgan fingerprint density at radius 2 is 1.83 bits per heavy atom. The third-order valence-corrected chi connectivity index (χ3v) is 4.75. The van der Waals surface area contributed by atoms with Crippen molar-refractivity contribution >= 4 is 11.6 Å². The lowest BCUT2D eigenvalue weighted by atomic mass is 10.00. The Kier molecular flexibility index (Phi) is 4.51. The molecule has 0 aliphatic carbocycles. The number of benzene rings is 2. The van der Waals surface area contributed by atoms with Crippen LogP contribution in [0.15, 0.2) is 48.5 Å². The maximum absolute atomic E-state index is 12.7. The van der Waals surface area contributed by atoms with Crippen LogP contribution >= 0.6 is 0 Å². The maximum Gasteiger partial charge on any atom is 0.227 e. The zero-order chi connectivity index (χ0) is 16.4. The fourth-order valence-electron chi connectivity index (χ4n) is 3.39. The van der Waals surface area contributed by atoms with Crippen molar-refractivity contribution < 1.29 is 4.79 Å². The molecular formula is C21H25NO. The number of anilines is 1. The lowest BCUT2D eigenvalue weighted by molar-refractivity contribution is -0.118. The summed E-state index contributed by atoms with van der Waals surface area (Å²) in [6, 6.07) is 17.2. The van der Waals surface area contributed by atoms with E-state index >= 15 is 0 Å². The zero-order valence-corrected chi connectivity index (χ0v) is 14.3. The Hall–Kier alpha value is -2.09. The standard InChI is InChI=1S/C21H25NO/c1-15(2)18-11-8-17(9-12-18)10-13-21(23)22-16(3)14-19-6-4-5-7-20(19)22/h4-9,11-12,15-16H,10,13-14H2,1-3H3. The fraction of sp³-hybridized carbons (Fsp3) is 0.381. The molecule has 1 aliphatic rings. The predicted octanol–water partition coefficient (Wildman–Crippen LogP) is 4.72. The van der Waals surface area contributed by atoms with Crippen molar-refractivity contribution in [3.05, 3.63) is 65.2 Å². The van der Waals surface area contributed by atoms with E-state index in [4.69, 9.17) is 0 Å². The summed E-state index contributed by atoms with van der Waals surface area (Å²) in [5.41, 5.74) is 4.97.